The number of thiocarbonyl (C=S) groups is 1. The van der Waals surface area contributed by atoms with Crippen LogP contribution in [0, 0.1) is 5.92 Å². The van der Waals surface area contributed by atoms with Gasteiger partial charge in [-0.05, 0) is 42.7 Å². The van der Waals surface area contributed by atoms with Crippen molar-refractivity contribution in [1.82, 2.24) is 14.7 Å². The molecule has 4 rings (SSSR count). The molecular formula is C25H27N3O2S2. The van der Waals surface area contributed by atoms with E-state index < -0.39 is 0 Å². The molecule has 0 saturated carbocycles. The van der Waals surface area contributed by atoms with Crippen LogP contribution in [-0.2, 0) is 4.79 Å². The molecule has 1 atom stereocenters. The second-order valence-electron chi connectivity index (χ2n) is 7.90. The maximum absolute atomic E-state index is 13.2. The SMILES string of the molecule is CCCC[C@H](CC)CN1C(=O)/C(=C/c2cn(-c3ccccc3)nc2-c2ccco2)SC1=S. The fourth-order valence-corrected chi connectivity index (χ4v) is 5.05. The van der Waals surface area contributed by atoms with Gasteiger partial charge in [-0.1, -0.05) is 75.3 Å². The molecule has 0 N–H and O–H groups in total. The summed E-state index contributed by atoms with van der Waals surface area (Å²) in [6.07, 6.45) is 9.94. The Bertz CT molecular complexity index is 1100. The Morgan fingerprint density at radius 3 is 2.69 bits per heavy atom. The Hall–Kier alpha value is -2.64. The lowest BCUT2D eigenvalue weighted by Gasteiger charge is -2.21. The molecule has 3 heterocycles. The number of para-hydroxylation sites is 1. The predicted octanol–water partition coefficient (Wildman–Crippen LogP) is 6.55. The number of aromatic nitrogens is 2. The smallest absolute Gasteiger partial charge is 0.266 e. The number of thioether (sulfide) groups is 1. The van der Waals surface area contributed by atoms with Crippen LogP contribution in [0.25, 0.3) is 23.2 Å². The van der Waals surface area contributed by atoms with Crippen molar-refractivity contribution in [2.24, 2.45) is 5.92 Å². The molecule has 166 valence electrons. The standard InChI is InChI=1S/C25H27N3O2S2/c1-3-5-10-18(4-2)16-27-24(29)22(32-25(27)31)15-19-17-28(20-11-7-6-8-12-20)26-23(19)21-13-9-14-30-21/h6-9,11-15,17-18H,3-5,10,16H2,1-2H3/b22-15-/t18-/m0/s1. The molecule has 7 heteroatoms. The lowest BCUT2D eigenvalue weighted by molar-refractivity contribution is -0.122. The second-order valence-corrected chi connectivity index (χ2v) is 9.58. The van der Waals surface area contributed by atoms with E-state index in [1.165, 1.54) is 18.2 Å². The lowest BCUT2D eigenvalue weighted by Crippen LogP contribution is -2.33. The van der Waals surface area contributed by atoms with Crippen molar-refractivity contribution in [3.63, 3.8) is 0 Å². The van der Waals surface area contributed by atoms with Gasteiger partial charge >= 0.3 is 0 Å². The Kier molecular flexibility index (Phi) is 7.27. The summed E-state index contributed by atoms with van der Waals surface area (Å²) in [6.45, 7) is 5.07. The quantitative estimate of drug-likeness (QED) is 0.265. The first-order valence-corrected chi connectivity index (χ1v) is 12.3. The van der Waals surface area contributed by atoms with Gasteiger partial charge in [0.05, 0.1) is 16.9 Å². The van der Waals surface area contributed by atoms with Crippen LogP contribution in [0.15, 0.2) is 64.2 Å². The van der Waals surface area contributed by atoms with Crippen LogP contribution in [-0.4, -0.2) is 31.5 Å². The molecule has 0 unspecified atom stereocenters. The normalized spacial score (nSPS) is 16.3. The van der Waals surface area contributed by atoms with Gasteiger partial charge in [-0.2, -0.15) is 5.10 Å². The summed E-state index contributed by atoms with van der Waals surface area (Å²) in [6, 6.07) is 13.6. The van der Waals surface area contributed by atoms with E-state index in [0.29, 0.717) is 33.1 Å². The highest BCUT2D eigenvalue weighted by molar-refractivity contribution is 8.26. The van der Waals surface area contributed by atoms with Gasteiger partial charge in [0, 0.05) is 18.3 Å². The summed E-state index contributed by atoms with van der Waals surface area (Å²) >= 11 is 6.94. The van der Waals surface area contributed by atoms with Gasteiger partial charge in [-0.25, -0.2) is 4.68 Å². The van der Waals surface area contributed by atoms with E-state index >= 15 is 0 Å². The van der Waals surface area contributed by atoms with Gasteiger partial charge in [-0.15, -0.1) is 0 Å². The predicted molar refractivity (Wildman–Crippen MR) is 134 cm³/mol. The number of carbonyl (C=O) groups is 1. The molecule has 2 aromatic heterocycles. The number of benzene rings is 1. The highest BCUT2D eigenvalue weighted by Crippen LogP contribution is 2.36. The van der Waals surface area contributed by atoms with E-state index in [9.17, 15) is 4.79 Å². The Morgan fingerprint density at radius 2 is 2.00 bits per heavy atom. The molecule has 3 aromatic rings. The van der Waals surface area contributed by atoms with Crippen molar-refractivity contribution < 1.29 is 9.21 Å². The summed E-state index contributed by atoms with van der Waals surface area (Å²) in [5.74, 6) is 1.11. The average Bonchev–Trinajstić information content (AvgIpc) is 3.54. The van der Waals surface area contributed by atoms with Crippen LogP contribution in [0.2, 0.25) is 0 Å². The fraction of sp³-hybridized carbons (Fsp3) is 0.320. The van der Waals surface area contributed by atoms with Crippen molar-refractivity contribution in [2.75, 3.05) is 6.54 Å². The number of unbranched alkanes of at least 4 members (excludes halogenated alkanes) is 1. The summed E-state index contributed by atoms with van der Waals surface area (Å²) in [4.78, 5) is 15.6. The topological polar surface area (TPSA) is 51.3 Å². The molecule has 0 radical (unpaired) electrons. The van der Waals surface area contributed by atoms with Gasteiger partial charge < -0.3 is 4.42 Å². The highest BCUT2D eigenvalue weighted by atomic mass is 32.2. The molecule has 0 aliphatic carbocycles. The van der Waals surface area contributed by atoms with E-state index in [1.54, 1.807) is 11.2 Å². The minimum Gasteiger partial charge on any atom is -0.463 e. The van der Waals surface area contributed by atoms with Crippen LogP contribution in [0.3, 0.4) is 0 Å². The summed E-state index contributed by atoms with van der Waals surface area (Å²) < 4.78 is 8.05. The number of amides is 1. The zero-order valence-electron chi connectivity index (χ0n) is 18.4. The Labute approximate surface area is 198 Å². The van der Waals surface area contributed by atoms with E-state index in [0.717, 1.165) is 30.5 Å². The second kappa shape index (κ2) is 10.3. The zero-order valence-corrected chi connectivity index (χ0v) is 20.0. The van der Waals surface area contributed by atoms with Gasteiger partial charge in [-0.3, -0.25) is 9.69 Å². The largest absolute Gasteiger partial charge is 0.463 e. The average molecular weight is 466 g/mol. The van der Waals surface area contributed by atoms with Crippen LogP contribution in [0.1, 0.15) is 45.1 Å². The van der Waals surface area contributed by atoms with Gasteiger partial charge in [0.1, 0.15) is 10.0 Å². The summed E-state index contributed by atoms with van der Waals surface area (Å²) in [7, 11) is 0. The van der Waals surface area contributed by atoms with E-state index in [4.69, 9.17) is 21.7 Å². The molecule has 5 nitrogen and oxygen atoms in total. The molecule has 1 saturated heterocycles. The Morgan fingerprint density at radius 1 is 1.19 bits per heavy atom. The zero-order chi connectivity index (χ0) is 22.5. The third-order valence-corrected chi connectivity index (χ3v) is 7.04. The van der Waals surface area contributed by atoms with Crippen molar-refractivity contribution in [3.05, 3.63) is 65.4 Å². The van der Waals surface area contributed by atoms with Gasteiger partial charge in [0.15, 0.2) is 5.76 Å². The molecule has 1 amide bonds. The third-order valence-electron chi connectivity index (χ3n) is 5.66. The molecule has 1 aliphatic rings. The fourth-order valence-electron chi connectivity index (χ4n) is 3.78. The number of hydrogen-bond donors (Lipinski definition) is 0. The number of carbonyl (C=O) groups excluding carboxylic acids is 1. The van der Waals surface area contributed by atoms with Crippen molar-refractivity contribution in [3.8, 4) is 17.1 Å². The highest BCUT2D eigenvalue weighted by Gasteiger charge is 2.33. The van der Waals surface area contributed by atoms with Crippen molar-refractivity contribution in [2.45, 2.75) is 39.5 Å². The van der Waals surface area contributed by atoms with Crippen LogP contribution < -0.4 is 0 Å². The molecule has 1 fully saturated rings. The number of nitrogens with zero attached hydrogens (tertiary/aromatic N) is 3. The maximum atomic E-state index is 13.2. The minimum atomic E-state index is -0.0206. The van der Waals surface area contributed by atoms with Crippen molar-refractivity contribution in [1.29, 1.82) is 0 Å². The van der Waals surface area contributed by atoms with Gasteiger partial charge in [0.25, 0.3) is 5.91 Å². The minimum absolute atomic E-state index is 0.0206. The molecule has 0 spiro atoms. The summed E-state index contributed by atoms with van der Waals surface area (Å²) in [5.41, 5.74) is 2.45. The first-order chi connectivity index (χ1) is 15.6. The lowest BCUT2D eigenvalue weighted by atomic mass is 9.99. The van der Waals surface area contributed by atoms with Crippen LogP contribution >= 0.6 is 24.0 Å². The molecule has 1 aromatic carbocycles. The van der Waals surface area contributed by atoms with Crippen LogP contribution in [0.4, 0.5) is 0 Å². The van der Waals surface area contributed by atoms with Crippen molar-refractivity contribution >= 4 is 40.3 Å². The Balaban J connectivity index is 1.64. The molecule has 1 aliphatic heterocycles. The molecule has 32 heavy (non-hydrogen) atoms. The first-order valence-electron chi connectivity index (χ1n) is 11.0. The number of hydrogen-bond acceptors (Lipinski definition) is 5. The van der Waals surface area contributed by atoms with E-state index in [-0.39, 0.29) is 5.91 Å². The van der Waals surface area contributed by atoms with E-state index in [2.05, 4.69) is 13.8 Å². The third kappa shape index (κ3) is 4.89. The maximum Gasteiger partial charge on any atom is 0.266 e. The van der Waals surface area contributed by atoms with Crippen LogP contribution in [0.5, 0.6) is 0 Å². The molecule has 0 bridgehead atoms. The van der Waals surface area contributed by atoms with E-state index in [1.807, 2.05) is 59.4 Å². The molecular weight excluding hydrogens is 438 g/mol. The first kappa shape index (κ1) is 22.6. The summed E-state index contributed by atoms with van der Waals surface area (Å²) in [5, 5.41) is 4.73. The number of rotatable bonds is 9. The van der Waals surface area contributed by atoms with Gasteiger partial charge in [0.2, 0.25) is 0 Å². The monoisotopic (exact) mass is 465 g/mol. The number of furan rings is 1.